The summed E-state index contributed by atoms with van der Waals surface area (Å²) in [6, 6.07) is 19.0. The second-order valence-corrected chi connectivity index (χ2v) is 8.63. The molecule has 0 amide bonds. The maximum atomic E-state index is 9.62. The number of nitriles is 1. The summed E-state index contributed by atoms with van der Waals surface area (Å²) in [6.07, 6.45) is 1.69. The number of allylic oxidation sites excluding steroid dienone is 1. The molecule has 4 aromatic rings. The molecule has 3 nitrogen and oxygen atoms in total. The molecule has 4 rings (SSSR count). The Hall–Kier alpha value is -2.36. The van der Waals surface area contributed by atoms with Crippen LogP contribution in [0.2, 0.25) is 10.0 Å². The highest BCUT2D eigenvalue weighted by molar-refractivity contribution is 9.10. The van der Waals surface area contributed by atoms with Gasteiger partial charge in [-0.2, -0.15) is 5.26 Å². The van der Waals surface area contributed by atoms with E-state index in [1.54, 1.807) is 24.3 Å². The Morgan fingerprint density at radius 2 is 1.79 bits per heavy atom. The zero-order valence-electron chi connectivity index (χ0n) is 14.7. The molecule has 29 heavy (non-hydrogen) atoms. The van der Waals surface area contributed by atoms with Gasteiger partial charge in [0.15, 0.2) is 0 Å². The Morgan fingerprint density at radius 3 is 2.52 bits per heavy atom. The van der Waals surface area contributed by atoms with Crippen LogP contribution in [0.25, 0.3) is 34.2 Å². The maximum Gasteiger partial charge on any atom is 0.134 e. The van der Waals surface area contributed by atoms with Crippen LogP contribution < -0.4 is 0 Å². The molecular formula is C22H11BrCl2N2OS. The lowest BCUT2D eigenvalue weighted by molar-refractivity contribution is 0.572. The summed E-state index contributed by atoms with van der Waals surface area (Å²) < 4.78 is 6.87. The van der Waals surface area contributed by atoms with Gasteiger partial charge in [0.05, 0.1) is 21.3 Å². The topological polar surface area (TPSA) is 49.8 Å². The van der Waals surface area contributed by atoms with Crippen molar-refractivity contribution in [1.82, 2.24) is 4.98 Å². The number of nitrogens with zero attached hydrogens (tertiary/aromatic N) is 2. The molecule has 0 fully saturated rings. The molecular weight excluding hydrogens is 491 g/mol. The molecule has 2 aromatic carbocycles. The van der Waals surface area contributed by atoms with Gasteiger partial charge in [-0.05, 0) is 42.5 Å². The Bertz CT molecular complexity index is 1250. The Labute approximate surface area is 190 Å². The monoisotopic (exact) mass is 500 g/mol. The van der Waals surface area contributed by atoms with E-state index < -0.39 is 0 Å². The molecule has 0 bridgehead atoms. The maximum absolute atomic E-state index is 9.62. The highest BCUT2D eigenvalue weighted by Gasteiger charge is 2.11. The van der Waals surface area contributed by atoms with E-state index in [4.69, 9.17) is 27.6 Å². The summed E-state index contributed by atoms with van der Waals surface area (Å²) in [7, 11) is 0. The normalized spacial score (nSPS) is 11.4. The fraction of sp³-hybridized carbons (Fsp3) is 0. The third-order valence-electron chi connectivity index (χ3n) is 4.11. The number of rotatable bonds is 4. The zero-order valence-corrected chi connectivity index (χ0v) is 18.6. The first-order chi connectivity index (χ1) is 14.0. The molecule has 0 aliphatic rings. The van der Waals surface area contributed by atoms with Crippen LogP contribution >= 0.6 is 50.5 Å². The minimum atomic E-state index is 0.438. The Balaban J connectivity index is 1.62. The van der Waals surface area contributed by atoms with Crippen LogP contribution in [0.3, 0.4) is 0 Å². The van der Waals surface area contributed by atoms with Crippen LogP contribution in [0, 0.1) is 11.3 Å². The summed E-state index contributed by atoms with van der Waals surface area (Å²) in [6.45, 7) is 0. The first-order valence-electron chi connectivity index (χ1n) is 8.42. The quantitative estimate of drug-likeness (QED) is 0.265. The molecule has 0 aliphatic carbocycles. The summed E-state index contributed by atoms with van der Waals surface area (Å²) in [5.74, 6) is 1.20. The van der Waals surface area contributed by atoms with Crippen LogP contribution in [0.5, 0.6) is 0 Å². The van der Waals surface area contributed by atoms with E-state index in [0.717, 1.165) is 21.3 Å². The predicted molar refractivity (Wildman–Crippen MR) is 123 cm³/mol. The molecule has 0 spiro atoms. The smallest absolute Gasteiger partial charge is 0.134 e. The first-order valence-corrected chi connectivity index (χ1v) is 10.9. The number of aromatic nitrogens is 1. The summed E-state index contributed by atoms with van der Waals surface area (Å²) in [5, 5.41) is 13.1. The van der Waals surface area contributed by atoms with Gasteiger partial charge in [-0.3, -0.25) is 0 Å². The van der Waals surface area contributed by atoms with Gasteiger partial charge in [0.2, 0.25) is 0 Å². The van der Waals surface area contributed by atoms with Crippen molar-refractivity contribution in [3.8, 4) is 28.7 Å². The molecule has 2 aromatic heterocycles. The molecule has 0 saturated carbocycles. The van der Waals surface area contributed by atoms with Gasteiger partial charge >= 0.3 is 0 Å². The molecule has 0 unspecified atom stereocenters. The number of benzene rings is 2. The van der Waals surface area contributed by atoms with E-state index >= 15 is 0 Å². The Morgan fingerprint density at radius 1 is 1.03 bits per heavy atom. The van der Waals surface area contributed by atoms with Crippen molar-refractivity contribution >= 4 is 62.1 Å². The fourth-order valence-corrected chi connectivity index (χ4v) is 4.03. The van der Waals surface area contributed by atoms with Gasteiger partial charge in [0.25, 0.3) is 0 Å². The lowest BCUT2D eigenvalue weighted by Gasteiger charge is -1.99. The van der Waals surface area contributed by atoms with Crippen molar-refractivity contribution in [2.45, 2.75) is 0 Å². The van der Waals surface area contributed by atoms with E-state index in [2.05, 4.69) is 27.0 Å². The standard InChI is InChI=1S/C22H11BrCl2N2OS/c23-16-4-1-13(2-5-16)20-12-29-22(27-20)15(11-26)9-17-6-8-21(28-17)14-3-7-18(24)19(25)10-14/h1-10,12H. The average Bonchev–Trinajstić information content (AvgIpc) is 3.39. The van der Waals surface area contributed by atoms with Crippen molar-refractivity contribution in [2.75, 3.05) is 0 Å². The highest BCUT2D eigenvalue weighted by Crippen LogP contribution is 2.32. The van der Waals surface area contributed by atoms with E-state index in [-0.39, 0.29) is 0 Å². The number of furan rings is 1. The molecule has 0 radical (unpaired) electrons. The zero-order chi connectivity index (χ0) is 20.4. The van der Waals surface area contributed by atoms with Crippen LogP contribution in [-0.4, -0.2) is 4.98 Å². The van der Waals surface area contributed by atoms with Gasteiger partial charge in [0.1, 0.15) is 22.6 Å². The van der Waals surface area contributed by atoms with Crippen molar-refractivity contribution in [1.29, 1.82) is 5.26 Å². The van der Waals surface area contributed by atoms with Gasteiger partial charge < -0.3 is 4.42 Å². The fourth-order valence-electron chi connectivity index (χ4n) is 2.67. The predicted octanol–water partition coefficient (Wildman–Crippen LogP) is 8.20. The van der Waals surface area contributed by atoms with E-state index in [0.29, 0.717) is 32.1 Å². The van der Waals surface area contributed by atoms with Crippen molar-refractivity contribution in [3.63, 3.8) is 0 Å². The third-order valence-corrected chi connectivity index (χ3v) is 6.26. The van der Waals surface area contributed by atoms with Crippen molar-refractivity contribution < 1.29 is 4.42 Å². The molecule has 0 aliphatic heterocycles. The average molecular weight is 502 g/mol. The van der Waals surface area contributed by atoms with E-state index in [9.17, 15) is 5.26 Å². The summed E-state index contributed by atoms with van der Waals surface area (Å²) in [5.41, 5.74) is 3.07. The molecule has 142 valence electrons. The van der Waals surface area contributed by atoms with Crippen LogP contribution in [0.4, 0.5) is 0 Å². The van der Waals surface area contributed by atoms with Gasteiger partial charge in [-0.15, -0.1) is 11.3 Å². The Kier molecular flexibility index (Phi) is 5.89. The summed E-state index contributed by atoms with van der Waals surface area (Å²) >= 11 is 16.9. The number of hydrogen-bond acceptors (Lipinski definition) is 4. The molecule has 2 heterocycles. The van der Waals surface area contributed by atoms with E-state index in [1.165, 1.54) is 11.3 Å². The number of hydrogen-bond donors (Lipinski definition) is 0. The lowest BCUT2D eigenvalue weighted by Crippen LogP contribution is -1.82. The molecule has 0 atom stereocenters. The van der Waals surface area contributed by atoms with Crippen molar-refractivity contribution in [3.05, 3.63) is 85.3 Å². The van der Waals surface area contributed by atoms with Crippen LogP contribution in [-0.2, 0) is 0 Å². The molecule has 7 heteroatoms. The minimum Gasteiger partial charge on any atom is -0.457 e. The molecule has 0 saturated heterocycles. The molecule has 0 N–H and O–H groups in total. The second-order valence-electron chi connectivity index (χ2n) is 6.05. The lowest BCUT2D eigenvalue weighted by atomic mass is 10.2. The summed E-state index contributed by atoms with van der Waals surface area (Å²) in [4.78, 5) is 4.60. The number of halogens is 3. The van der Waals surface area contributed by atoms with Gasteiger partial charge in [0, 0.05) is 27.1 Å². The third kappa shape index (κ3) is 4.47. The van der Waals surface area contributed by atoms with Gasteiger partial charge in [-0.25, -0.2) is 4.98 Å². The SMILES string of the molecule is N#CC(=Cc1ccc(-c2ccc(Cl)c(Cl)c2)o1)c1nc(-c2ccc(Br)cc2)cs1. The highest BCUT2D eigenvalue weighted by atomic mass is 79.9. The second kappa shape index (κ2) is 8.56. The largest absolute Gasteiger partial charge is 0.457 e. The number of thiazole rings is 1. The first kappa shape index (κ1) is 19.9. The minimum absolute atomic E-state index is 0.438. The van der Waals surface area contributed by atoms with E-state index in [1.807, 2.05) is 41.8 Å². The van der Waals surface area contributed by atoms with Crippen LogP contribution in [0.15, 0.2) is 68.9 Å². The van der Waals surface area contributed by atoms with Crippen LogP contribution in [0.1, 0.15) is 10.8 Å². The van der Waals surface area contributed by atoms with Gasteiger partial charge in [-0.1, -0.05) is 51.3 Å². The van der Waals surface area contributed by atoms with Crippen molar-refractivity contribution in [2.24, 2.45) is 0 Å².